The molecule has 0 saturated heterocycles. The lowest BCUT2D eigenvalue weighted by Crippen LogP contribution is -1.98. The van der Waals surface area contributed by atoms with E-state index in [1.165, 1.54) is 0 Å². The van der Waals surface area contributed by atoms with E-state index in [1.807, 2.05) is 48.2 Å². The number of hydrogen-bond donors (Lipinski definition) is 1. The van der Waals surface area contributed by atoms with Crippen LogP contribution in [0.2, 0.25) is 0 Å². The predicted octanol–water partition coefficient (Wildman–Crippen LogP) is 3.51. The molecule has 4 nitrogen and oxygen atoms in total. The predicted molar refractivity (Wildman–Crippen MR) is 80.6 cm³/mol. The average Bonchev–Trinajstić information content (AvgIpc) is 2.76. The highest BCUT2D eigenvalue weighted by Crippen LogP contribution is 2.27. The molecule has 6 heteroatoms. The second kappa shape index (κ2) is 4.79. The first-order valence-electron chi connectivity index (χ1n) is 5.80. The van der Waals surface area contributed by atoms with Crippen molar-refractivity contribution >= 4 is 35.0 Å². The molecule has 1 aromatic carbocycles. The number of nitrogens with one attached hydrogen (secondary N) is 1. The zero-order chi connectivity index (χ0) is 13.4. The molecule has 1 N–H and O–H groups in total. The molecule has 0 aliphatic heterocycles. The van der Waals surface area contributed by atoms with Crippen molar-refractivity contribution in [2.24, 2.45) is 0 Å². The summed E-state index contributed by atoms with van der Waals surface area (Å²) in [4.78, 5) is 7.50. The minimum atomic E-state index is 0.480. The van der Waals surface area contributed by atoms with Crippen LogP contribution < -0.4 is 0 Å². The third-order valence-electron chi connectivity index (χ3n) is 2.90. The van der Waals surface area contributed by atoms with E-state index in [9.17, 15) is 0 Å². The van der Waals surface area contributed by atoms with Crippen LogP contribution in [0.25, 0.3) is 16.7 Å². The van der Waals surface area contributed by atoms with Crippen molar-refractivity contribution in [3.05, 3.63) is 40.8 Å². The summed E-state index contributed by atoms with van der Waals surface area (Å²) in [6.45, 7) is 1.99. The Bertz CT molecular complexity index is 790. The summed E-state index contributed by atoms with van der Waals surface area (Å²) in [6.07, 6.45) is 2.00. The number of hydrogen-bond acceptors (Lipinski definition) is 4. The van der Waals surface area contributed by atoms with Crippen LogP contribution in [0.3, 0.4) is 0 Å². The van der Waals surface area contributed by atoms with Gasteiger partial charge in [-0.3, -0.25) is 0 Å². The molecule has 0 bridgehead atoms. The van der Waals surface area contributed by atoms with Gasteiger partial charge in [0.2, 0.25) is 0 Å². The number of para-hydroxylation sites is 1. The van der Waals surface area contributed by atoms with Gasteiger partial charge in [-0.15, -0.1) is 11.8 Å². The normalized spacial score (nSPS) is 11.1. The maximum absolute atomic E-state index is 5.19. The standard InChI is InChI=1S/C13H12N4S2/c1-8-10-11(14-13(18)15-12(10)19-2)17(16-8)9-6-4-3-5-7-9/h3-7H,1-2H3,(H,14,15,18). The number of H-pyrrole nitrogens is 1. The van der Waals surface area contributed by atoms with E-state index in [0.29, 0.717) is 4.77 Å². The molecule has 2 aromatic heterocycles. The Morgan fingerprint density at radius 3 is 2.68 bits per heavy atom. The summed E-state index contributed by atoms with van der Waals surface area (Å²) in [6, 6.07) is 10.00. The number of fused-ring (bicyclic) bond motifs is 1. The Morgan fingerprint density at radius 1 is 1.26 bits per heavy atom. The molecule has 0 atom stereocenters. The zero-order valence-corrected chi connectivity index (χ0v) is 12.2. The maximum Gasteiger partial charge on any atom is 0.199 e. The van der Waals surface area contributed by atoms with Crippen molar-refractivity contribution in [3.8, 4) is 5.69 Å². The van der Waals surface area contributed by atoms with E-state index in [2.05, 4.69) is 15.1 Å². The smallest absolute Gasteiger partial charge is 0.199 e. The van der Waals surface area contributed by atoms with Gasteiger partial charge in [-0.1, -0.05) is 18.2 Å². The monoisotopic (exact) mass is 288 g/mol. The largest absolute Gasteiger partial charge is 0.315 e. The number of nitrogens with zero attached hydrogens (tertiary/aromatic N) is 3. The van der Waals surface area contributed by atoms with E-state index in [1.54, 1.807) is 11.8 Å². The molecule has 2 heterocycles. The summed E-state index contributed by atoms with van der Waals surface area (Å²) >= 11 is 6.78. The third-order valence-corrected chi connectivity index (χ3v) is 3.77. The molecule has 0 fully saturated rings. The Labute approximate surface area is 119 Å². The Morgan fingerprint density at radius 2 is 2.00 bits per heavy atom. The van der Waals surface area contributed by atoms with Gasteiger partial charge in [0.05, 0.1) is 16.8 Å². The summed E-state index contributed by atoms with van der Waals surface area (Å²) in [5, 5.41) is 6.54. The SMILES string of the molecule is CSc1nc(=S)[nH]c2c1c(C)nn2-c1ccccc1. The molecule has 0 saturated carbocycles. The van der Waals surface area contributed by atoms with Gasteiger partial charge >= 0.3 is 0 Å². The minimum absolute atomic E-state index is 0.480. The van der Waals surface area contributed by atoms with E-state index in [0.717, 1.165) is 27.4 Å². The van der Waals surface area contributed by atoms with Crippen LogP contribution in [-0.4, -0.2) is 26.0 Å². The molecule has 0 spiro atoms. The number of aromatic nitrogens is 4. The highest BCUT2D eigenvalue weighted by molar-refractivity contribution is 7.98. The van der Waals surface area contributed by atoms with Crippen molar-refractivity contribution in [2.45, 2.75) is 11.9 Å². The lowest BCUT2D eigenvalue weighted by atomic mass is 10.3. The van der Waals surface area contributed by atoms with Crippen LogP contribution in [0.4, 0.5) is 0 Å². The van der Waals surface area contributed by atoms with E-state index < -0.39 is 0 Å². The van der Waals surface area contributed by atoms with E-state index >= 15 is 0 Å². The average molecular weight is 288 g/mol. The zero-order valence-electron chi connectivity index (χ0n) is 10.5. The number of aromatic amines is 1. The first kappa shape index (κ1) is 12.4. The first-order valence-corrected chi connectivity index (χ1v) is 7.43. The molecule has 19 heavy (non-hydrogen) atoms. The van der Waals surface area contributed by atoms with Crippen LogP contribution >= 0.6 is 24.0 Å². The van der Waals surface area contributed by atoms with Crippen LogP contribution in [0, 0.1) is 11.7 Å². The molecule has 3 rings (SSSR count). The van der Waals surface area contributed by atoms with Gasteiger partial charge in [0.1, 0.15) is 10.7 Å². The molecule has 0 aliphatic rings. The molecule has 96 valence electrons. The highest BCUT2D eigenvalue weighted by atomic mass is 32.2. The summed E-state index contributed by atoms with van der Waals surface area (Å²) < 4.78 is 2.36. The van der Waals surface area contributed by atoms with Crippen molar-refractivity contribution in [1.82, 2.24) is 19.7 Å². The Balaban J connectivity index is 2.40. The third kappa shape index (κ3) is 2.06. The quantitative estimate of drug-likeness (QED) is 0.445. The van der Waals surface area contributed by atoms with Gasteiger partial charge in [0, 0.05) is 0 Å². The number of rotatable bonds is 2. The minimum Gasteiger partial charge on any atom is -0.315 e. The topological polar surface area (TPSA) is 46.5 Å². The van der Waals surface area contributed by atoms with Crippen LogP contribution in [0.15, 0.2) is 35.4 Å². The van der Waals surface area contributed by atoms with Crippen molar-refractivity contribution in [2.75, 3.05) is 6.26 Å². The number of thioether (sulfide) groups is 1. The van der Waals surface area contributed by atoms with Crippen LogP contribution in [0.1, 0.15) is 5.69 Å². The molecule has 0 unspecified atom stereocenters. The number of aryl methyl sites for hydroxylation is 1. The summed E-state index contributed by atoms with van der Waals surface area (Å²) in [7, 11) is 0. The summed E-state index contributed by atoms with van der Waals surface area (Å²) in [5.41, 5.74) is 2.85. The second-order valence-corrected chi connectivity index (χ2v) is 5.29. The lowest BCUT2D eigenvalue weighted by molar-refractivity contribution is 0.874. The van der Waals surface area contributed by atoms with E-state index in [4.69, 9.17) is 12.2 Å². The Hall–Kier alpha value is -1.66. The van der Waals surface area contributed by atoms with Gasteiger partial charge < -0.3 is 4.98 Å². The van der Waals surface area contributed by atoms with Gasteiger partial charge in [0.25, 0.3) is 0 Å². The second-order valence-electron chi connectivity index (χ2n) is 4.11. The van der Waals surface area contributed by atoms with Crippen LogP contribution in [0.5, 0.6) is 0 Å². The molecule has 0 aliphatic carbocycles. The van der Waals surface area contributed by atoms with Gasteiger partial charge in [-0.2, -0.15) is 5.10 Å². The molecule has 0 radical (unpaired) electrons. The lowest BCUT2D eigenvalue weighted by Gasteiger charge is -2.03. The highest BCUT2D eigenvalue weighted by Gasteiger charge is 2.14. The Kier molecular flexibility index (Phi) is 3.12. The molecule has 3 aromatic rings. The first-order chi connectivity index (χ1) is 9.20. The van der Waals surface area contributed by atoms with Crippen LogP contribution in [-0.2, 0) is 0 Å². The fourth-order valence-corrected chi connectivity index (χ4v) is 2.96. The number of benzene rings is 1. The molecule has 0 amide bonds. The maximum atomic E-state index is 5.19. The molecular weight excluding hydrogens is 276 g/mol. The van der Waals surface area contributed by atoms with Gasteiger partial charge in [0.15, 0.2) is 4.77 Å². The fourth-order valence-electron chi connectivity index (χ4n) is 2.08. The van der Waals surface area contributed by atoms with Crippen molar-refractivity contribution < 1.29 is 0 Å². The van der Waals surface area contributed by atoms with Crippen molar-refractivity contribution in [1.29, 1.82) is 0 Å². The van der Waals surface area contributed by atoms with Gasteiger partial charge in [-0.25, -0.2) is 9.67 Å². The van der Waals surface area contributed by atoms with Crippen molar-refractivity contribution in [3.63, 3.8) is 0 Å². The summed E-state index contributed by atoms with van der Waals surface area (Å²) in [5.74, 6) is 0. The fraction of sp³-hybridized carbons (Fsp3) is 0.154. The van der Waals surface area contributed by atoms with Gasteiger partial charge in [-0.05, 0) is 37.5 Å². The van der Waals surface area contributed by atoms with E-state index in [-0.39, 0.29) is 0 Å². The molecular formula is C13H12N4S2.